The number of carbonyl (C=O) groups excluding carboxylic acids is 2. The third-order valence-electron chi connectivity index (χ3n) is 3.29. The van der Waals surface area contributed by atoms with Crippen molar-refractivity contribution in [3.63, 3.8) is 0 Å². The lowest BCUT2D eigenvalue weighted by molar-refractivity contribution is -0.907. The Morgan fingerprint density at radius 3 is 2.60 bits per heavy atom. The molecule has 1 unspecified atom stereocenters. The van der Waals surface area contributed by atoms with Crippen LogP contribution in [0.3, 0.4) is 0 Å². The molecule has 5 nitrogen and oxygen atoms in total. The fourth-order valence-corrected chi connectivity index (χ4v) is 2.68. The Morgan fingerprint density at radius 1 is 1.35 bits per heavy atom. The molecule has 2 atom stereocenters. The fraction of sp³-hybridized carbons (Fsp3) is 0.385. The van der Waals surface area contributed by atoms with E-state index in [4.69, 9.17) is 23.2 Å². The number of rotatable bonds is 3. The molecule has 0 aromatic heterocycles. The quantitative estimate of drug-likeness (QED) is 0.753. The summed E-state index contributed by atoms with van der Waals surface area (Å²) in [5.41, 5.74) is 0.556. The van der Waals surface area contributed by atoms with Crippen LogP contribution in [0.25, 0.3) is 0 Å². The Balaban J connectivity index is 2.01. The molecule has 1 aliphatic heterocycles. The zero-order valence-corrected chi connectivity index (χ0v) is 12.5. The van der Waals surface area contributed by atoms with Gasteiger partial charge in [-0.05, 0) is 25.1 Å². The van der Waals surface area contributed by atoms with Crippen LogP contribution < -0.4 is 15.5 Å². The van der Waals surface area contributed by atoms with E-state index in [-0.39, 0.29) is 17.9 Å². The highest BCUT2D eigenvalue weighted by Crippen LogP contribution is 2.22. The van der Waals surface area contributed by atoms with Crippen LogP contribution in [0.15, 0.2) is 18.2 Å². The van der Waals surface area contributed by atoms with E-state index in [1.807, 2.05) is 0 Å². The number of anilines is 1. The molecule has 1 saturated heterocycles. The average molecular weight is 317 g/mol. The summed E-state index contributed by atoms with van der Waals surface area (Å²) >= 11 is 11.8. The third-order valence-corrected chi connectivity index (χ3v) is 3.73. The fourth-order valence-electron chi connectivity index (χ4n) is 2.15. The minimum atomic E-state index is -0.321. The highest BCUT2D eigenvalue weighted by molar-refractivity contribution is 6.35. The van der Waals surface area contributed by atoms with Crippen LogP contribution in [0, 0.1) is 0 Å². The van der Waals surface area contributed by atoms with E-state index in [2.05, 4.69) is 10.6 Å². The number of piperazine rings is 1. The van der Waals surface area contributed by atoms with E-state index in [0.717, 1.165) is 11.4 Å². The maximum absolute atomic E-state index is 12.2. The van der Waals surface area contributed by atoms with Gasteiger partial charge in [-0.15, -0.1) is 0 Å². The molecule has 1 aliphatic rings. The first kappa shape index (κ1) is 15.1. The first-order chi connectivity index (χ1) is 9.45. The van der Waals surface area contributed by atoms with Gasteiger partial charge in [0.2, 0.25) is 0 Å². The van der Waals surface area contributed by atoms with Crippen molar-refractivity contribution in [2.75, 3.05) is 25.0 Å². The first-order valence-electron chi connectivity index (χ1n) is 6.34. The number of benzene rings is 1. The number of nitrogens with one attached hydrogen (secondary N) is 3. The molecule has 20 heavy (non-hydrogen) atoms. The zero-order valence-electron chi connectivity index (χ0n) is 11.0. The maximum Gasteiger partial charge on any atom is 0.282 e. The van der Waals surface area contributed by atoms with Gasteiger partial charge in [0.25, 0.3) is 11.8 Å². The Morgan fingerprint density at radius 2 is 2.00 bits per heavy atom. The lowest BCUT2D eigenvalue weighted by Crippen LogP contribution is -3.19. The molecule has 108 valence electrons. The van der Waals surface area contributed by atoms with Gasteiger partial charge >= 0.3 is 0 Å². The van der Waals surface area contributed by atoms with Crippen LogP contribution in [0.1, 0.15) is 6.92 Å². The molecule has 3 N–H and O–H groups in total. The minimum absolute atomic E-state index is 0.0308. The van der Waals surface area contributed by atoms with Gasteiger partial charge in [0.15, 0.2) is 12.6 Å². The lowest BCUT2D eigenvalue weighted by Gasteiger charge is -2.28. The molecular formula is C13H16Cl2N3O2+. The molecule has 0 radical (unpaired) electrons. The number of amides is 2. The van der Waals surface area contributed by atoms with E-state index in [1.165, 1.54) is 0 Å². The van der Waals surface area contributed by atoms with Crippen LogP contribution in [-0.2, 0) is 9.59 Å². The van der Waals surface area contributed by atoms with Crippen molar-refractivity contribution in [1.82, 2.24) is 5.32 Å². The van der Waals surface area contributed by atoms with Gasteiger partial charge in [0, 0.05) is 15.7 Å². The molecule has 1 fully saturated rings. The normalized spacial score (nSPS) is 20.1. The van der Waals surface area contributed by atoms with Crippen molar-refractivity contribution in [3.8, 4) is 0 Å². The van der Waals surface area contributed by atoms with E-state index >= 15 is 0 Å². The number of hydrogen-bond donors (Lipinski definition) is 3. The Bertz CT molecular complexity index is 516. The largest absolute Gasteiger partial charge is 0.346 e. The standard InChI is InChI=1S/C13H15Cl2N3O2/c1-8(18-3-2-16-12(19)7-18)13(20)17-11-5-9(14)4-10(15)6-11/h4-6,8H,2-3,7H2,1H3,(H,16,19)(H,17,20)/p+1/t8-/m0/s1. The SMILES string of the molecule is C[C@@H](C(=O)Nc1cc(Cl)cc(Cl)c1)[NH+]1CCNC(=O)C1. The molecule has 0 aliphatic carbocycles. The Hall–Kier alpha value is -1.30. The summed E-state index contributed by atoms with van der Waals surface area (Å²) in [7, 11) is 0. The van der Waals surface area contributed by atoms with Crippen LogP contribution in [0.4, 0.5) is 5.69 Å². The van der Waals surface area contributed by atoms with Crippen LogP contribution in [-0.4, -0.2) is 37.5 Å². The molecule has 0 saturated carbocycles. The van der Waals surface area contributed by atoms with Gasteiger partial charge < -0.3 is 15.5 Å². The molecule has 2 amide bonds. The minimum Gasteiger partial charge on any atom is -0.346 e. The van der Waals surface area contributed by atoms with Crippen molar-refractivity contribution in [2.24, 2.45) is 0 Å². The molecule has 1 aromatic rings. The third kappa shape index (κ3) is 3.85. The molecule has 2 rings (SSSR count). The van der Waals surface area contributed by atoms with Crippen LogP contribution in [0.2, 0.25) is 10.0 Å². The van der Waals surface area contributed by atoms with Gasteiger partial charge in [-0.1, -0.05) is 23.2 Å². The number of quaternary nitrogens is 1. The predicted molar refractivity (Wildman–Crippen MR) is 78.3 cm³/mol. The van der Waals surface area contributed by atoms with Gasteiger partial charge in [-0.25, -0.2) is 0 Å². The second kappa shape index (κ2) is 6.43. The van der Waals surface area contributed by atoms with E-state index in [9.17, 15) is 9.59 Å². The number of hydrogen-bond acceptors (Lipinski definition) is 2. The molecule has 7 heteroatoms. The second-order valence-electron chi connectivity index (χ2n) is 4.80. The Labute approximate surface area is 127 Å². The van der Waals surface area contributed by atoms with E-state index in [1.54, 1.807) is 25.1 Å². The summed E-state index contributed by atoms with van der Waals surface area (Å²) in [5.74, 6) is -0.190. The molecular weight excluding hydrogens is 301 g/mol. The van der Waals surface area contributed by atoms with Gasteiger partial charge in [-0.3, -0.25) is 9.59 Å². The van der Waals surface area contributed by atoms with Crippen LogP contribution >= 0.6 is 23.2 Å². The maximum atomic E-state index is 12.2. The molecule has 1 heterocycles. The molecule has 0 spiro atoms. The molecule has 1 aromatic carbocycles. The van der Waals surface area contributed by atoms with Crippen molar-refractivity contribution in [2.45, 2.75) is 13.0 Å². The summed E-state index contributed by atoms with van der Waals surface area (Å²) in [5, 5.41) is 6.45. The number of carbonyl (C=O) groups is 2. The Kier molecular flexibility index (Phi) is 4.86. The monoisotopic (exact) mass is 316 g/mol. The van der Waals surface area contributed by atoms with Crippen LogP contribution in [0.5, 0.6) is 0 Å². The van der Waals surface area contributed by atoms with E-state index < -0.39 is 0 Å². The molecule has 0 bridgehead atoms. The topological polar surface area (TPSA) is 62.6 Å². The summed E-state index contributed by atoms with van der Waals surface area (Å²) in [6, 6.07) is 4.55. The van der Waals surface area contributed by atoms with Crippen molar-refractivity contribution in [3.05, 3.63) is 28.2 Å². The smallest absolute Gasteiger partial charge is 0.282 e. The summed E-state index contributed by atoms with van der Waals surface area (Å²) in [4.78, 5) is 24.5. The average Bonchev–Trinajstić information content (AvgIpc) is 2.36. The number of halogens is 2. The van der Waals surface area contributed by atoms with Gasteiger partial charge in [-0.2, -0.15) is 0 Å². The first-order valence-corrected chi connectivity index (χ1v) is 7.09. The summed E-state index contributed by atoms with van der Waals surface area (Å²) < 4.78 is 0. The van der Waals surface area contributed by atoms with Crippen molar-refractivity contribution >= 4 is 40.7 Å². The van der Waals surface area contributed by atoms with Gasteiger partial charge in [0.1, 0.15) is 0 Å². The lowest BCUT2D eigenvalue weighted by atomic mass is 10.2. The van der Waals surface area contributed by atoms with Crippen molar-refractivity contribution in [1.29, 1.82) is 0 Å². The predicted octanol–water partition coefficient (Wildman–Crippen LogP) is 0.335. The highest BCUT2D eigenvalue weighted by Gasteiger charge is 2.29. The van der Waals surface area contributed by atoms with Gasteiger partial charge in [0.05, 0.1) is 13.1 Å². The summed E-state index contributed by atoms with van der Waals surface area (Å²) in [6.07, 6.45) is 0. The second-order valence-corrected chi connectivity index (χ2v) is 5.68. The van der Waals surface area contributed by atoms with E-state index in [0.29, 0.717) is 28.8 Å². The highest BCUT2D eigenvalue weighted by atomic mass is 35.5. The zero-order chi connectivity index (χ0) is 14.7. The summed E-state index contributed by atoms with van der Waals surface area (Å²) in [6.45, 7) is 3.44. The van der Waals surface area contributed by atoms with Crippen molar-refractivity contribution < 1.29 is 14.5 Å².